The lowest BCUT2D eigenvalue weighted by atomic mass is 9.93. The minimum absolute atomic E-state index is 0.175. The summed E-state index contributed by atoms with van der Waals surface area (Å²) < 4.78 is 10.4. The minimum atomic E-state index is -0.484. The molecular formula is C17H23NO4. The molecule has 1 N–H and O–H groups in total. The fraction of sp³-hybridized carbons (Fsp3) is 0.529. The predicted octanol–water partition coefficient (Wildman–Crippen LogP) is 2.22. The Morgan fingerprint density at radius 2 is 1.91 bits per heavy atom. The Morgan fingerprint density at radius 3 is 2.50 bits per heavy atom. The van der Waals surface area contributed by atoms with Gasteiger partial charge in [-0.1, -0.05) is 30.3 Å². The van der Waals surface area contributed by atoms with E-state index >= 15 is 0 Å². The van der Waals surface area contributed by atoms with Gasteiger partial charge in [-0.25, -0.2) is 0 Å². The van der Waals surface area contributed by atoms with Gasteiger partial charge in [-0.2, -0.15) is 0 Å². The summed E-state index contributed by atoms with van der Waals surface area (Å²) in [7, 11) is 0. The molecule has 1 fully saturated rings. The van der Waals surface area contributed by atoms with Gasteiger partial charge in [0.15, 0.2) is 0 Å². The predicted molar refractivity (Wildman–Crippen MR) is 82.1 cm³/mol. The summed E-state index contributed by atoms with van der Waals surface area (Å²) in [6, 6.07) is 8.92. The number of esters is 2. The van der Waals surface area contributed by atoms with Gasteiger partial charge in [0.1, 0.15) is 6.04 Å². The van der Waals surface area contributed by atoms with Crippen molar-refractivity contribution in [2.24, 2.45) is 5.92 Å². The first-order chi connectivity index (χ1) is 10.5. The zero-order valence-corrected chi connectivity index (χ0v) is 13.2. The molecule has 2 rings (SSSR count). The molecule has 5 heteroatoms. The molecule has 0 unspecified atom stereocenters. The van der Waals surface area contributed by atoms with E-state index in [1.54, 1.807) is 6.92 Å². The molecule has 1 saturated heterocycles. The van der Waals surface area contributed by atoms with Crippen LogP contribution in [0.15, 0.2) is 30.3 Å². The number of hydrogen-bond donors (Lipinski definition) is 1. The molecule has 0 aliphatic carbocycles. The molecule has 1 aliphatic rings. The monoisotopic (exact) mass is 305 g/mol. The van der Waals surface area contributed by atoms with Crippen LogP contribution in [0.4, 0.5) is 0 Å². The lowest BCUT2D eigenvalue weighted by molar-refractivity contribution is -0.150. The van der Waals surface area contributed by atoms with Crippen LogP contribution in [0.2, 0.25) is 0 Å². The van der Waals surface area contributed by atoms with Crippen molar-refractivity contribution >= 4 is 11.9 Å². The van der Waals surface area contributed by atoms with E-state index in [2.05, 4.69) is 5.32 Å². The Hall–Kier alpha value is -1.88. The molecule has 120 valence electrons. The van der Waals surface area contributed by atoms with Gasteiger partial charge < -0.3 is 9.47 Å². The first-order valence-corrected chi connectivity index (χ1v) is 7.71. The van der Waals surface area contributed by atoms with Gasteiger partial charge in [-0.05, 0) is 32.8 Å². The second kappa shape index (κ2) is 7.40. The van der Waals surface area contributed by atoms with Crippen LogP contribution < -0.4 is 5.32 Å². The number of carbonyl (C=O) groups excluding carboxylic acids is 2. The summed E-state index contributed by atoms with van der Waals surface area (Å²) in [6.07, 6.45) is 0.218. The highest BCUT2D eigenvalue weighted by Crippen LogP contribution is 2.34. The molecule has 1 aromatic rings. The molecule has 5 nitrogen and oxygen atoms in total. The van der Waals surface area contributed by atoms with Gasteiger partial charge in [-0.3, -0.25) is 14.9 Å². The quantitative estimate of drug-likeness (QED) is 0.845. The summed E-state index contributed by atoms with van der Waals surface area (Å²) in [5, 5.41) is 3.23. The topological polar surface area (TPSA) is 64.6 Å². The molecule has 0 aromatic heterocycles. The normalized spacial score (nSPS) is 24.3. The molecule has 1 aliphatic heterocycles. The number of ether oxygens (including phenoxy) is 2. The number of carbonyl (C=O) groups is 2. The average Bonchev–Trinajstić information content (AvgIpc) is 2.93. The van der Waals surface area contributed by atoms with Crippen LogP contribution in [-0.2, 0) is 19.1 Å². The van der Waals surface area contributed by atoms with Crippen molar-refractivity contribution in [1.29, 1.82) is 0 Å². The van der Waals surface area contributed by atoms with Crippen molar-refractivity contribution in [2.45, 2.75) is 45.4 Å². The number of nitrogens with one attached hydrogen (secondary N) is 1. The zero-order chi connectivity index (χ0) is 16.1. The Morgan fingerprint density at radius 1 is 1.23 bits per heavy atom. The second-order valence-electron chi connectivity index (χ2n) is 5.69. The lowest BCUT2D eigenvalue weighted by Crippen LogP contribution is -2.35. The number of rotatable bonds is 5. The Balaban J connectivity index is 2.17. The summed E-state index contributed by atoms with van der Waals surface area (Å²) in [6.45, 7) is 5.73. The van der Waals surface area contributed by atoms with E-state index in [0.29, 0.717) is 13.0 Å². The first kappa shape index (κ1) is 16.5. The van der Waals surface area contributed by atoms with E-state index in [0.717, 1.165) is 5.56 Å². The van der Waals surface area contributed by atoms with Crippen molar-refractivity contribution in [1.82, 2.24) is 5.32 Å². The maximum Gasteiger partial charge on any atom is 0.323 e. The Bertz CT molecular complexity index is 515. The van der Waals surface area contributed by atoms with Crippen molar-refractivity contribution in [2.75, 3.05) is 6.61 Å². The van der Waals surface area contributed by atoms with Gasteiger partial charge in [0.25, 0.3) is 0 Å². The van der Waals surface area contributed by atoms with Crippen molar-refractivity contribution in [3.8, 4) is 0 Å². The molecular weight excluding hydrogens is 282 g/mol. The molecule has 0 spiro atoms. The van der Waals surface area contributed by atoms with E-state index in [1.165, 1.54) is 0 Å². The zero-order valence-electron chi connectivity index (χ0n) is 13.2. The van der Waals surface area contributed by atoms with E-state index in [4.69, 9.17) is 9.47 Å². The van der Waals surface area contributed by atoms with Crippen LogP contribution in [-0.4, -0.2) is 30.7 Å². The second-order valence-corrected chi connectivity index (χ2v) is 5.69. The highest BCUT2D eigenvalue weighted by Gasteiger charge is 2.43. The van der Waals surface area contributed by atoms with Crippen LogP contribution in [0, 0.1) is 5.92 Å². The van der Waals surface area contributed by atoms with Crippen LogP contribution >= 0.6 is 0 Å². The van der Waals surface area contributed by atoms with E-state index in [1.807, 2.05) is 44.2 Å². The fourth-order valence-corrected chi connectivity index (χ4v) is 2.74. The minimum Gasteiger partial charge on any atom is -0.466 e. The van der Waals surface area contributed by atoms with Crippen LogP contribution in [0.1, 0.15) is 38.8 Å². The fourth-order valence-electron chi connectivity index (χ4n) is 2.74. The third-order valence-corrected chi connectivity index (χ3v) is 3.66. The van der Waals surface area contributed by atoms with Gasteiger partial charge >= 0.3 is 11.9 Å². The smallest absolute Gasteiger partial charge is 0.323 e. The summed E-state index contributed by atoms with van der Waals surface area (Å²) in [5.74, 6) is -0.974. The average molecular weight is 305 g/mol. The summed E-state index contributed by atoms with van der Waals surface area (Å²) in [4.78, 5) is 24.3. The largest absolute Gasteiger partial charge is 0.466 e. The highest BCUT2D eigenvalue weighted by atomic mass is 16.5. The SMILES string of the molecule is CCOC(=O)[C@@H]1C[C@H](C(=O)OC(C)C)N[C@@H]1c1ccccc1. The summed E-state index contributed by atoms with van der Waals surface area (Å²) >= 11 is 0. The molecule has 0 amide bonds. The van der Waals surface area contributed by atoms with Crippen LogP contribution in [0.3, 0.4) is 0 Å². The molecule has 1 aromatic carbocycles. The van der Waals surface area contributed by atoms with Crippen LogP contribution in [0.5, 0.6) is 0 Å². The third kappa shape index (κ3) is 3.85. The molecule has 0 radical (unpaired) electrons. The van der Waals surface area contributed by atoms with Crippen LogP contribution in [0.25, 0.3) is 0 Å². The number of hydrogen-bond acceptors (Lipinski definition) is 5. The molecule has 22 heavy (non-hydrogen) atoms. The van der Waals surface area contributed by atoms with Gasteiger partial charge in [0, 0.05) is 6.04 Å². The Kier molecular flexibility index (Phi) is 5.55. The lowest BCUT2D eigenvalue weighted by Gasteiger charge is -2.18. The molecule has 0 bridgehead atoms. The highest BCUT2D eigenvalue weighted by molar-refractivity contribution is 5.80. The van der Waals surface area contributed by atoms with E-state index < -0.39 is 6.04 Å². The van der Waals surface area contributed by atoms with Gasteiger partial charge in [0.05, 0.1) is 18.6 Å². The van der Waals surface area contributed by atoms with Gasteiger partial charge in [0.2, 0.25) is 0 Å². The molecule has 3 atom stereocenters. The maximum absolute atomic E-state index is 12.2. The molecule has 1 heterocycles. The van der Waals surface area contributed by atoms with Crippen molar-refractivity contribution in [3.05, 3.63) is 35.9 Å². The maximum atomic E-state index is 12.2. The van der Waals surface area contributed by atoms with E-state index in [9.17, 15) is 9.59 Å². The third-order valence-electron chi connectivity index (χ3n) is 3.66. The summed E-state index contributed by atoms with van der Waals surface area (Å²) in [5.41, 5.74) is 0.973. The van der Waals surface area contributed by atoms with Crippen molar-refractivity contribution in [3.63, 3.8) is 0 Å². The van der Waals surface area contributed by atoms with E-state index in [-0.39, 0.29) is 30.0 Å². The van der Waals surface area contributed by atoms with Gasteiger partial charge in [-0.15, -0.1) is 0 Å². The Labute approximate surface area is 131 Å². The number of benzene rings is 1. The first-order valence-electron chi connectivity index (χ1n) is 7.71. The van der Waals surface area contributed by atoms with Crippen molar-refractivity contribution < 1.29 is 19.1 Å². The standard InChI is InChI=1S/C17H23NO4/c1-4-21-16(19)13-10-14(17(20)22-11(2)3)18-15(13)12-8-6-5-7-9-12/h5-9,11,13-15,18H,4,10H2,1-3H3/t13-,14-,15-/m1/s1. The molecule has 0 saturated carbocycles.